The molecule has 1 N–H and O–H groups in total. The molecule has 6 heteroatoms. The number of carbonyl (C=O) groups excluding carboxylic acids is 2. The molecular formula is C21H24ClN3O2. The van der Waals surface area contributed by atoms with Gasteiger partial charge in [0, 0.05) is 61.1 Å². The first kappa shape index (κ1) is 19.2. The lowest BCUT2D eigenvalue weighted by Crippen LogP contribution is -2.49. The number of ketones is 1. The van der Waals surface area contributed by atoms with E-state index < -0.39 is 0 Å². The third-order valence-electron chi connectivity index (χ3n) is 4.77. The monoisotopic (exact) mass is 385 g/mol. The van der Waals surface area contributed by atoms with E-state index in [1.54, 1.807) is 19.1 Å². The Bertz CT molecular complexity index is 799. The van der Waals surface area contributed by atoms with Crippen LogP contribution in [-0.4, -0.2) is 49.3 Å². The van der Waals surface area contributed by atoms with Crippen molar-refractivity contribution in [3.05, 3.63) is 59.1 Å². The molecule has 0 saturated carbocycles. The van der Waals surface area contributed by atoms with Gasteiger partial charge in [0.2, 0.25) is 5.91 Å². The van der Waals surface area contributed by atoms with Crippen LogP contribution in [0.1, 0.15) is 23.7 Å². The largest absolute Gasteiger partial charge is 0.385 e. The third kappa shape index (κ3) is 5.23. The van der Waals surface area contributed by atoms with Crippen LogP contribution >= 0.6 is 11.6 Å². The van der Waals surface area contributed by atoms with E-state index in [9.17, 15) is 9.59 Å². The minimum Gasteiger partial charge on any atom is -0.385 e. The fourth-order valence-electron chi connectivity index (χ4n) is 3.18. The van der Waals surface area contributed by atoms with E-state index >= 15 is 0 Å². The summed E-state index contributed by atoms with van der Waals surface area (Å²) in [5.74, 6) is 0.210. The maximum absolute atomic E-state index is 12.4. The summed E-state index contributed by atoms with van der Waals surface area (Å²) in [4.78, 5) is 27.9. The van der Waals surface area contributed by atoms with Crippen LogP contribution in [0.2, 0.25) is 5.02 Å². The number of hydrogen-bond acceptors (Lipinski definition) is 4. The van der Waals surface area contributed by atoms with Crippen molar-refractivity contribution >= 4 is 34.7 Å². The van der Waals surface area contributed by atoms with E-state index in [1.807, 2.05) is 41.3 Å². The van der Waals surface area contributed by atoms with Gasteiger partial charge in [-0.2, -0.15) is 0 Å². The summed E-state index contributed by atoms with van der Waals surface area (Å²) in [6.07, 6.45) is 0.450. The van der Waals surface area contributed by atoms with Gasteiger partial charge < -0.3 is 15.1 Å². The van der Waals surface area contributed by atoms with E-state index in [1.165, 1.54) is 0 Å². The standard InChI is InChI=1S/C21H24ClN3O2/c1-16(26)17-5-7-19(8-6-17)23-10-9-21(27)25-13-11-24(12-14-25)20-4-2-3-18(22)15-20/h2-8,15,23H,9-14H2,1H3. The molecule has 3 rings (SSSR count). The summed E-state index contributed by atoms with van der Waals surface area (Å²) in [5, 5.41) is 3.97. The lowest BCUT2D eigenvalue weighted by molar-refractivity contribution is -0.131. The number of nitrogens with one attached hydrogen (secondary N) is 1. The predicted molar refractivity (Wildman–Crippen MR) is 110 cm³/mol. The van der Waals surface area contributed by atoms with Crippen LogP contribution in [0.5, 0.6) is 0 Å². The highest BCUT2D eigenvalue weighted by molar-refractivity contribution is 6.30. The van der Waals surface area contributed by atoms with Gasteiger partial charge in [-0.25, -0.2) is 0 Å². The lowest BCUT2D eigenvalue weighted by atomic mass is 10.1. The zero-order valence-corrected chi connectivity index (χ0v) is 16.2. The van der Waals surface area contributed by atoms with Gasteiger partial charge in [0.05, 0.1) is 0 Å². The van der Waals surface area contributed by atoms with Crippen LogP contribution in [0.4, 0.5) is 11.4 Å². The molecule has 0 spiro atoms. The first-order valence-corrected chi connectivity index (χ1v) is 9.54. The molecule has 0 aromatic heterocycles. The lowest BCUT2D eigenvalue weighted by Gasteiger charge is -2.36. The zero-order chi connectivity index (χ0) is 19.2. The van der Waals surface area contributed by atoms with E-state index in [2.05, 4.69) is 10.2 Å². The Labute approximate surface area is 164 Å². The number of halogens is 1. The zero-order valence-electron chi connectivity index (χ0n) is 15.5. The Balaban J connectivity index is 1.42. The summed E-state index contributed by atoms with van der Waals surface area (Å²) in [6, 6.07) is 15.1. The second-order valence-electron chi connectivity index (χ2n) is 6.66. The van der Waals surface area contributed by atoms with Crippen molar-refractivity contribution in [2.45, 2.75) is 13.3 Å². The summed E-state index contributed by atoms with van der Waals surface area (Å²) < 4.78 is 0. The summed E-state index contributed by atoms with van der Waals surface area (Å²) >= 11 is 6.06. The minimum atomic E-state index is 0.0497. The molecule has 1 aliphatic heterocycles. The van der Waals surface area contributed by atoms with E-state index in [0.29, 0.717) is 18.5 Å². The second kappa shape index (κ2) is 8.91. The number of Topliss-reactive ketones (excluding diaryl/α,β-unsaturated/α-hetero) is 1. The molecule has 1 heterocycles. The van der Waals surface area contributed by atoms with Gasteiger partial charge in [0.1, 0.15) is 0 Å². The van der Waals surface area contributed by atoms with E-state index in [4.69, 9.17) is 11.6 Å². The van der Waals surface area contributed by atoms with Gasteiger partial charge >= 0.3 is 0 Å². The molecule has 2 aromatic carbocycles. The first-order valence-electron chi connectivity index (χ1n) is 9.16. The summed E-state index contributed by atoms with van der Waals surface area (Å²) in [7, 11) is 0. The molecule has 27 heavy (non-hydrogen) atoms. The molecule has 142 valence electrons. The van der Waals surface area contributed by atoms with Crippen LogP contribution in [0.15, 0.2) is 48.5 Å². The number of hydrogen-bond donors (Lipinski definition) is 1. The van der Waals surface area contributed by atoms with Crippen molar-refractivity contribution in [1.82, 2.24) is 4.90 Å². The predicted octanol–water partition coefficient (Wildman–Crippen LogP) is 3.69. The molecule has 0 radical (unpaired) electrons. The molecule has 1 amide bonds. The Morgan fingerprint density at radius 3 is 2.37 bits per heavy atom. The van der Waals surface area contributed by atoms with E-state index in [0.717, 1.165) is 42.6 Å². The number of rotatable bonds is 6. The van der Waals surface area contributed by atoms with E-state index in [-0.39, 0.29) is 11.7 Å². The normalized spacial score (nSPS) is 14.1. The molecule has 1 fully saturated rings. The van der Waals surface area contributed by atoms with Crippen molar-refractivity contribution < 1.29 is 9.59 Å². The molecule has 0 bridgehead atoms. The smallest absolute Gasteiger partial charge is 0.224 e. The maximum atomic E-state index is 12.4. The van der Waals surface area contributed by atoms with Crippen LogP contribution in [-0.2, 0) is 4.79 Å². The fraction of sp³-hybridized carbons (Fsp3) is 0.333. The maximum Gasteiger partial charge on any atom is 0.224 e. The van der Waals surface area contributed by atoms with Gasteiger partial charge in [0.15, 0.2) is 5.78 Å². The molecule has 5 nitrogen and oxygen atoms in total. The van der Waals surface area contributed by atoms with Crippen molar-refractivity contribution in [2.75, 3.05) is 42.9 Å². The number of benzene rings is 2. The highest BCUT2D eigenvalue weighted by atomic mass is 35.5. The molecular weight excluding hydrogens is 362 g/mol. The minimum absolute atomic E-state index is 0.0497. The Kier molecular flexibility index (Phi) is 6.35. The molecule has 1 aliphatic rings. The molecule has 0 aliphatic carbocycles. The average molecular weight is 386 g/mol. The van der Waals surface area contributed by atoms with Crippen molar-refractivity contribution in [3.63, 3.8) is 0 Å². The molecule has 1 saturated heterocycles. The third-order valence-corrected chi connectivity index (χ3v) is 5.00. The Hall–Kier alpha value is -2.53. The number of anilines is 2. The number of carbonyl (C=O) groups is 2. The quantitative estimate of drug-likeness (QED) is 0.770. The van der Waals surface area contributed by atoms with Crippen molar-refractivity contribution in [1.29, 1.82) is 0 Å². The van der Waals surface area contributed by atoms with Gasteiger partial charge in [-0.3, -0.25) is 9.59 Å². The van der Waals surface area contributed by atoms with Gasteiger partial charge in [-0.15, -0.1) is 0 Å². The topological polar surface area (TPSA) is 52.7 Å². The van der Waals surface area contributed by atoms with Gasteiger partial charge in [0.25, 0.3) is 0 Å². The average Bonchev–Trinajstić information content (AvgIpc) is 2.68. The Morgan fingerprint density at radius 1 is 1.04 bits per heavy atom. The van der Waals surface area contributed by atoms with Crippen LogP contribution < -0.4 is 10.2 Å². The number of nitrogens with zero attached hydrogens (tertiary/aromatic N) is 2. The first-order chi connectivity index (χ1) is 13.0. The summed E-state index contributed by atoms with van der Waals surface area (Å²) in [6.45, 7) is 5.19. The van der Waals surface area contributed by atoms with Crippen LogP contribution in [0.25, 0.3) is 0 Å². The van der Waals surface area contributed by atoms with Gasteiger partial charge in [-0.05, 0) is 49.4 Å². The Morgan fingerprint density at radius 2 is 1.74 bits per heavy atom. The fourth-order valence-corrected chi connectivity index (χ4v) is 3.37. The highest BCUT2D eigenvalue weighted by Gasteiger charge is 2.21. The number of amides is 1. The van der Waals surface area contributed by atoms with Crippen molar-refractivity contribution in [3.8, 4) is 0 Å². The molecule has 2 aromatic rings. The second-order valence-corrected chi connectivity index (χ2v) is 7.09. The molecule has 0 atom stereocenters. The number of piperazine rings is 1. The molecule has 0 unspecified atom stereocenters. The van der Waals surface area contributed by atoms with Crippen LogP contribution in [0.3, 0.4) is 0 Å². The summed E-state index contributed by atoms with van der Waals surface area (Å²) in [5.41, 5.74) is 2.71. The van der Waals surface area contributed by atoms with Crippen LogP contribution in [0, 0.1) is 0 Å². The SMILES string of the molecule is CC(=O)c1ccc(NCCC(=O)N2CCN(c3cccc(Cl)c3)CC2)cc1. The van der Waals surface area contributed by atoms with Crippen molar-refractivity contribution in [2.24, 2.45) is 0 Å². The highest BCUT2D eigenvalue weighted by Crippen LogP contribution is 2.21. The van der Waals surface area contributed by atoms with Gasteiger partial charge in [-0.1, -0.05) is 17.7 Å².